The largest absolute Gasteiger partial charge is 0.445 e. The average Bonchev–Trinajstić information content (AvgIpc) is 3.77. The van der Waals surface area contributed by atoms with Crippen LogP contribution in [0.4, 0.5) is 9.59 Å². The summed E-state index contributed by atoms with van der Waals surface area (Å²) in [6.45, 7) is 1.44. The number of carbonyl (C=O) groups is 2. The minimum absolute atomic E-state index is 0.259. The third-order valence-electron chi connectivity index (χ3n) is 6.97. The zero-order chi connectivity index (χ0) is 34.4. The predicted molar refractivity (Wildman–Crippen MR) is 194 cm³/mol. The van der Waals surface area contributed by atoms with Gasteiger partial charge in [0.2, 0.25) is 0 Å². The summed E-state index contributed by atoms with van der Waals surface area (Å²) in [4.78, 5) is 41.3. The van der Waals surface area contributed by atoms with Crippen LogP contribution in [-0.4, -0.2) is 66.5 Å². The Balaban J connectivity index is 0.000000191. The number of rotatable bonds is 12. The average molecular weight is 764 g/mol. The van der Waals surface area contributed by atoms with Gasteiger partial charge in [-0.25, -0.2) is 29.5 Å². The topological polar surface area (TPSA) is 137 Å². The lowest BCUT2D eigenvalue weighted by atomic mass is 10.2. The molecule has 254 valence electrons. The van der Waals surface area contributed by atoms with E-state index in [1.807, 2.05) is 101 Å². The molecule has 4 aromatic heterocycles. The van der Waals surface area contributed by atoms with Gasteiger partial charge in [-0.1, -0.05) is 60.7 Å². The molecule has 0 fully saturated rings. The third kappa shape index (κ3) is 10.4. The number of amides is 2. The Bertz CT molecular complexity index is 1980. The number of halogens is 1. The van der Waals surface area contributed by atoms with Gasteiger partial charge in [-0.15, -0.1) is 23.5 Å². The monoisotopic (exact) mass is 762 g/mol. The van der Waals surface area contributed by atoms with Gasteiger partial charge in [0.05, 0.1) is 17.6 Å². The fourth-order valence-electron chi connectivity index (χ4n) is 4.58. The van der Waals surface area contributed by atoms with Crippen molar-refractivity contribution in [1.82, 2.24) is 39.4 Å². The van der Waals surface area contributed by atoms with Gasteiger partial charge in [-0.05, 0) is 39.6 Å². The first-order valence-corrected chi connectivity index (χ1v) is 18.5. The number of nitrogens with one attached hydrogen (secondary N) is 2. The van der Waals surface area contributed by atoms with Crippen LogP contribution >= 0.6 is 39.5 Å². The molecular weight excluding hydrogens is 728 g/mol. The van der Waals surface area contributed by atoms with Gasteiger partial charge in [-0.3, -0.25) is 4.40 Å². The molecule has 2 N–H and O–H groups in total. The molecule has 0 aliphatic heterocycles. The Labute approximate surface area is 300 Å². The van der Waals surface area contributed by atoms with Crippen LogP contribution < -0.4 is 10.6 Å². The van der Waals surface area contributed by atoms with Gasteiger partial charge in [0.15, 0.2) is 11.3 Å². The minimum atomic E-state index is -0.432. The van der Waals surface area contributed by atoms with E-state index in [1.165, 1.54) is 0 Å². The Kier molecular flexibility index (Phi) is 13.3. The first kappa shape index (κ1) is 35.7. The molecule has 0 aliphatic rings. The van der Waals surface area contributed by atoms with Crippen molar-refractivity contribution < 1.29 is 19.1 Å². The van der Waals surface area contributed by atoms with Crippen LogP contribution in [0.1, 0.15) is 22.5 Å². The van der Waals surface area contributed by atoms with Crippen molar-refractivity contribution in [3.05, 3.63) is 119 Å². The van der Waals surface area contributed by atoms with Gasteiger partial charge in [0, 0.05) is 50.7 Å². The van der Waals surface area contributed by atoms with Crippen LogP contribution in [-0.2, 0) is 35.5 Å². The number of nitrogens with zero attached hydrogens (tertiary/aromatic N) is 6. The Hall–Kier alpha value is -4.60. The number of fused-ring (bicyclic) bond motifs is 2. The summed E-state index contributed by atoms with van der Waals surface area (Å²) in [6, 6.07) is 19.2. The predicted octanol–water partition coefficient (Wildman–Crippen LogP) is 6.60. The molecule has 0 bridgehead atoms. The number of hydrogen-bond donors (Lipinski definition) is 2. The first-order chi connectivity index (χ1) is 23.9. The number of imidazole rings is 2. The summed E-state index contributed by atoms with van der Waals surface area (Å²) in [5.74, 6) is 0. The highest BCUT2D eigenvalue weighted by molar-refractivity contribution is 9.10. The van der Waals surface area contributed by atoms with E-state index in [1.54, 1.807) is 35.9 Å². The van der Waals surface area contributed by atoms with E-state index in [9.17, 15) is 9.59 Å². The summed E-state index contributed by atoms with van der Waals surface area (Å²) >= 11 is 6.57. The van der Waals surface area contributed by atoms with Crippen LogP contribution in [0.2, 0.25) is 0 Å². The van der Waals surface area contributed by atoms with Gasteiger partial charge < -0.3 is 24.5 Å². The second-order valence-corrected chi connectivity index (χ2v) is 12.8. The SMILES string of the molecule is CSc1nc(CCNC(=O)OCc2ccccc2)cn2c(Br)cnc12.CSc1nc(CCNC(=O)OCc2ccccc2)cn2ccnc12. The lowest BCUT2D eigenvalue weighted by molar-refractivity contribution is 0.139. The van der Waals surface area contributed by atoms with Crippen molar-refractivity contribution in [3.63, 3.8) is 0 Å². The summed E-state index contributed by atoms with van der Waals surface area (Å²) in [7, 11) is 0. The van der Waals surface area contributed by atoms with Gasteiger partial charge in [0.1, 0.15) is 27.9 Å². The van der Waals surface area contributed by atoms with Crippen molar-refractivity contribution in [2.45, 2.75) is 36.1 Å². The summed E-state index contributed by atoms with van der Waals surface area (Å²) in [6.07, 6.45) is 13.6. The van der Waals surface area contributed by atoms with Crippen LogP contribution in [0.3, 0.4) is 0 Å². The van der Waals surface area contributed by atoms with E-state index in [0.717, 1.165) is 48.5 Å². The Morgan fingerprint density at radius 3 is 1.84 bits per heavy atom. The molecule has 12 nitrogen and oxygen atoms in total. The molecule has 15 heteroatoms. The maximum Gasteiger partial charge on any atom is 0.407 e. The van der Waals surface area contributed by atoms with E-state index in [4.69, 9.17) is 9.47 Å². The van der Waals surface area contributed by atoms with Crippen LogP contribution in [0.15, 0.2) is 106 Å². The highest BCUT2D eigenvalue weighted by atomic mass is 79.9. The quantitative estimate of drug-likeness (QED) is 0.131. The lowest BCUT2D eigenvalue weighted by Crippen LogP contribution is -2.26. The molecule has 2 aromatic carbocycles. The maximum absolute atomic E-state index is 11.8. The number of hydrogen-bond acceptors (Lipinski definition) is 10. The highest BCUT2D eigenvalue weighted by Gasteiger charge is 2.11. The number of alkyl carbamates (subject to hydrolysis) is 2. The van der Waals surface area contributed by atoms with Crippen LogP contribution in [0, 0.1) is 0 Å². The van der Waals surface area contributed by atoms with Crippen molar-refractivity contribution in [2.24, 2.45) is 0 Å². The first-order valence-electron chi connectivity index (χ1n) is 15.3. The van der Waals surface area contributed by atoms with Crippen molar-refractivity contribution in [3.8, 4) is 0 Å². The Morgan fingerprint density at radius 2 is 1.29 bits per heavy atom. The molecule has 2 amide bonds. The number of thioether (sulfide) groups is 2. The van der Waals surface area contributed by atoms with Gasteiger partial charge >= 0.3 is 12.2 Å². The van der Waals surface area contributed by atoms with Gasteiger partial charge in [-0.2, -0.15) is 0 Å². The van der Waals surface area contributed by atoms with E-state index in [2.05, 4.69) is 46.5 Å². The molecule has 0 atom stereocenters. The summed E-state index contributed by atoms with van der Waals surface area (Å²) in [5.41, 5.74) is 5.36. The smallest absolute Gasteiger partial charge is 0.407 e. The second-order valence-electron chi connectivity index (χ2n) is 10.4. The minimum Gasteiger partial charge on any atom is -0.445 e. The fourth-order valence-corrected chi connectivity index (χ4v) is 6.04. The molecule has 49 heavy (non-hydrogen) atoms. The summed E-state index contributed by atoms with van der Waals surface area (Å²) < 4.78 is 15.1. The third-order valence-corrected chi connectivity index (χ3v) is 8.88. The molecular formula is C34H35BrN8O4S2. The zero-order valence-electron chi connectivity index (χ0n) is 26.9. The molecule has 6 rings (SSSR count). The molecule has 4 heterocycles. The number of carbonyl (C=O) groups excluding carboxylic acids is 2. The lowest BCUT2D eigenvalue weighted by Gasteiger charge is -2.08. The standard InChI is InChI=1S/C17H17BrN4O2S.C17H18N4O2S/c1-25-16-15-20-9-14(18)22(15)10-13(21-16)7-8-19-17(23)24-11-12-5-3-2-4-6-12;1-24-16-15-18-9-10-21(15)11-14(20-16)7-8-19-17(22)23-12-13-5-3-2-4-6-13/h2-6,9-10H,7-8,11H2,1H3,(H,19,23);2-6,9-11H,7-8,12H2,1H3,(H,19,22). The molecule has 0 saturated carbocycles. The zero-order valence-corrected chi connectivity index (χ0v) is 30.1. The van der Waals surface area contributed by atoms with E-state index in [-0.39, 0.29) is 13.2 Å². The highest BCUT2D eigenvalue weighted by Crippen LogP contribution is 2.22. The van der Waals surface area contributed by atoms with Crippen molar-refractivity contribution in [2.75, 3.05) is 25.6 Å². The second kappa shape index (κ2) is 18.2. The van der Waals surface area contributed by atoms with E-state index in [0.29, 0.717) is 25.9 Å². The van der Waals surface area contributed by atoms with E-state index < -0.39 is 12.2 Å². The maximum atomic E-state index is 11.8. The fraction of sp³-hybridized carbons (Fsp3) is 0.235. The van der Waals surface area contributed by atoms with Crippen molar-refractivity contribution >= 4 is 62.9 Å². The van der Waals surface area contributed by atoms with E-state index >= 15 is 0 Å². The molecule has 6 aromatic rings. The Morgan fingerprint density at radius 1 is 0.755 bits per heavy atom. The number of benzene rings is 2. The molecule has 0 spiro atoms. The van der Waals surface area contributed by atoms with Crippen LogP contribution in [0.25, 0.3) is 11.3 Å². The van der Waals surface area contributed by atoms with Crippen molar-refractivity contribution in [1.29, 1.82) is 0 Å². The molecule has 0 radical (unpaired) electrons. The normalized spacial score (nSPS) is 10.8. The molecule has 0 saturated heterocycles. The van der Waals surface area contributed by atoms with Gasteiger partial charge in [0.25, 0.3) is 0 Å². The summed E-state index contributed by atoms with van der Waals surface area (Å²) in [5, 5.41) is 7.23. The van der Waals surface area contributed by atoms with Crippen LogP contribution in [0.5, 0.6) is 0 Å². The molecule has 0 unspecified atom stereocenters. The molecule has 0 aliphatic carbocycles. The number of ether oxygens (including phenoxy) is 2. The number of aromatic nitrogens is 6.